The lowest BCUT2D eigenvalue weighted by molar-refractivity contribution is 0.391. The van der Waals surface area contributed by atoms with Crippen LogP contribution in [-0.2, 0) is 10.0 Å². The monoisotopic (exact) mass is 311 g/mol. The van der Waals surface area contributed by atoms with Crippen molar-refractivity contribution in [1.29, 1.82) is 0 Å². The molecular formula is C16H25NO3S. The predicted molar refractivity (Wildman–Crippen MR) is 84.3 cm³/mol. The summed E-state index contributed by atoms with van der Waals surface area (Å²) in [6.07, 6.45) is 4.08. The largest absolute Gasteiger partial charge is 0.495 e. The molecule has 0 aromatic heterocycles. The maximum Gasteiger partial charge on any atom is 0.246 e. The summed E-state index contributed by atoms with van der Waals surface area (Å²) >= 11 is 0. The molecule has 0 bridgehead atoms. The summed E-state index contributed by atoms with van der Waals surface area (Å²) in [5.74, 6) is 0.720. The highest BCUT2D eigenvalue weighted by atomic mass is 32.2. The maximum absolute atomic E-state index is 12.9. The van der Waals surface area contributed by atoms with E-state index >= 15 is 0 Å². The molecule has 1 aromatic rings. The Morgan fingerprint density at radius 2 is 1.71 bits per heavy atom. The second-order valence-electron chi connectivity index (χ2n) is 5.88. The van der Waals surface area contributed by atoms with E-state index in [1.54, 1.807) is 16.4 Å². The summed E-state index contributed by atoms with van der Waals surface area (Å²) in [7, 11) is -1.96. The lowest BCUT2D eigenvalue weighted by Crippen LogP contribution is -2.32. The van der Waals surface area contributed by atoms with Gasteiger partial charge in [-0.05, 0) is 36.5 Å². The smallest absolute Gasteiger partial charge is 0.246 e. The number of ether oxygens (including phenoxy) is 1. The van der Waals surface area contributed by atoms with Gasteiger partial charge in [-0.1, -0.05) is 32.8 Å². The van der Waals surface area contributed by atoms with Crippen LogP contribution in [-0.4, -0.2) is 32.9 Å². The molecule has 0 unspecified atom stereocenters. The van der Waals surface area contributed by atoms with Crippen molar-refractivity contribution < 1.29 is 13.2 Å². The molecule has 1 fully saturated rings. The molecule has 0 N–H and O–H groups in total. The molecule has 21 heavy (non-hydrogen) atoms. The molecule has 0 aliphatic carbocycles. The van der Waals surface area contributed by atoms with Gasteiger partial charge in [0.05, 0.1) is 7.11 Å². The normalized spacial score (nSPS) is 17.7. The van der Waals surface area contributed by atoms with Gasteiger partial charge in [-0.3, -0.25) is 0 Å². The van der Waals surface area contributed by atoms with Crippen LogP contribution < -0.4 is 4.74 Å². The van der Waals surface area contributed by atoms with Gasteiger partial charge < -0.3 is 4.74 Å². The van der Waals surface area contributed by atoms with Crippen LogP contribution >= 0.6 is 0 Å². The van der Waals surface area contributed by atoms with Crippen LogP contribution in [0.3, 0.4) is 0 Å². The Labute approximate surface area is 128 Å². The van der Waals surface area contributed by atoms with Crippen LogP contribution in [0, 0.1) is 0 Å². The standard InChI is InChI=1S/C16H25NO3S/c1-13(2)14-8-9-15(20-3)16(12-14)21(18,19)17-10-6-4-5-7-11-17/h8-9,12-13H,4-7,10-11H2,1-3H3. The Kier molecular flexibility index (Phi) is 5.27. The number of methoxy groups -OCH3 is 1. The molecule has 2 rings (SSSR count). The fourth-order valence-corrected chi connectivity index (χ4v) is 4.38. The summed E-state index contributed by atoms with van der Waals surface area (Å²) in [4.78, 5) is 0.304. The first kappa shape index (κ1) is 16.3. The number of sulfonamides is 1. The summed E-state index contributed by atoms with van der Waals surface area (Å²) in [6, 6.07) is 5.47. The van der Waals surface area contributed by atoms with Crippen LogP contribution in [0.2, 0.25) is 0 Å². The highest BCUT2D eigenvalue weighted by Crippen LogP contribution is 2.31. The lowest BCUT2D eigenvalue weighted by Gasteiger charge is -2.22. The van der Waals surface area contributed by atoms with E-state index < -0.39 is 10.0 Å². The van der Waals surface area contributed by atoms with E-state index in [1.165, 1.54) is 7.11 Å². The van der Waals surface area contributed by atoms with Gasteiger partial charge in [0.2, 0.25) is 10.0 Å². The highest BCUT2D eigenvalue weighted by Gasteiger charge is 2.28. The lowest BCUT2D eigenvalue weighted by atomic mass is 10.0. The van der Waals surface area contributed by atoms with Crippen molar-refractivity contribution in [2.75, 3.05) is 20.2 Å². The van der Waals surface area contributed by atoms with Gasteiger partial charge in [0.1, 0.15) is 10.6 Å². The van der Waals surface area contributed by atoms with Gasteiger partial charge in [-0.2, -0.15) is 4.31 Å². The van der Waals surface area contributed by atoms with Gasteiger partial charge in [0.15, 0.2) is 0 Å². The second-order valence-corrected chi connectivity index (χ2v) is 7.79. The first-order valence-corrected chi connectivity index (χ1v) is 9.09. The molecule has 1 aliphatic heterocycles. The van der Waals surface area contributed by atoms with Crippen molar-refractivity contribution in [3.8, 4) is 5.75 Å². The highest BCUT2D eigenvalue weighted by molar-refractivity contribution is 7.89. The van der Waals surface area contributed by atoms with Crippen molar-refractivity contribution in [2.24, 2.45) is 0 Å². The Morgan fingerprint density at radius 3 is 2.24 bits per heavy atom. The molecule has 5 heteroatoms. The third-order valence-corrected chi connectivity index (χ3v) is 5.96. The minimum Gasteiger partial charge on any atom is -0.495 e. The van der Waals surface area contributed by atoms with Crippen LogP contribution in [0.25, 0.3) is 0 Å². The zero-order valence-corrected chi connectivity index (χ0v) is 13.9. The number of benzene rings is 1. The number of hydrogen-bond acceptors (Lipinski definition) is 3. The molecule has 1 aromatic carbocycles. The molecule has 0 spiro atoms. The van der Waals surface area contributed by atoms with Crippen LogP contribution in [0.4, 0.5) is 0 Å². The number of hydrogen-bond donors (Lipinski definition) is 0. The summed E-state index contributed by atoms with van der Waals surface area (Å²) < 4.78 is 32.8. The summed E-state index contributed by atoms with van der Waals surface area (Å²) in [5.41, 5.74) is 1.02. The molecule has 0 atom stereocenters. The number of rotatable bonds is 4. The number of nitrogens with zero attached hydrogens (tertiary/aromatic N) is 1. The van der Waals surface area contributed by atoms with E-state index in [9.17, 15) is 8.42 Å². The molecule has 1 aliphatic rings. The fourth-order valence-electron chi connectivity index (χ4n) is 2.68. The predicted octanol–water partition coefficient (Wildman–Crippen LogP) is 3.38. The quantitative estimate of drug-likeness (QED) is 0.856. The van der Waals surface area contributed by atoms with E-state index in [1.807, 2.05) is 6.07 Å². The zero-order valence-electron chi connectivity index (χ0n) is 13.1. The second kappa shape index (κ2) is 6.79. The van der Waals surface area contributed by atoms with Crippen LogP contribution in [0.5, 0.6) is 5.75 Å². The van der Waals surface area contributed by atoms with Crippen molar-refractivity contribution >= 4 is 10.0 Å². The van der Waals surface area contributed by atoms with Crippen molar-refractivity contribution in [3.63, 3.8) is 0 Å². The van der Waals surface area contributed by atoms with Gasteiger partial charge in [0.25, 0.3) is 0 Å². The Balaban J connectivity index is 2.44. The average Bonchev–Trinajstić information content (AvgIpc) is 2.76. The van der Waals surface area contributed by atoms with Gasteiger partial charge >= 0.3 is 0 Å². The molecule has 4 nitrogen and oxygen atoms in total. The molecule has 1 heterocycles. The average molecular weight is 311 g/mol. The Morgan fingerprint density at radius 1 is 1.10 bits per heavy atom. The topological polar surface area (TPSA) is 46.6 Å². The van der Waals surface area contributed by atoms with E-state index in [2.05, 4.69) is 13.8 Å². The van der Waals surface area contributed by atoms with Crippen molar-refractivity contribution in [3.05, 3.63) is 23.8 Å². The minimum absolute atomic E-state index is 0.286. The van der Waals surface area contributed by atoms with Crippen LogP contribution in [0.15, 0.2) is 23.1 Å². The van der Waals surface area contributed by atoms with Crippen LogP contribution in [0.1, 0.15) is 51.0 Å². The Bertz CT molecular complexity index is 573. The van der Waals surface area contributed by atoms with E-state index in [0.717, 1.165) is 31.2 Å². The summed E-state index contributed by atoms with van der Waals surface area (Å²) in [5, 5.41) is 0. The molecule has 0 amide bonds. The van der Waals surface area contributed by atoms with Gasteiger partial charge in [0, 0.05) is 13.1 Å². The zero-order chi connectivity index (χ0) is 15.5. The van der Waals surface area contributed by atoms with E-state index in [4.69, 9.17) is 4.74 Å². The van der Waals surface area contributed by atoms with E-state index in [-0.39, 0.29) is 5.92 Å². The molecular weight excluding hydrogens is 286 g/mol. The van der Waals surface area contributed by atoms with Crippen molar-refractivity contribution in [2.45, 2.75) is 50.3 Å². The molecule has 0 saturated carbocycles. The third kappa shape index (κ3) is 3.58. The molecule has 118 valence electrons. The minimum atomic E-state index is -3.48. The first-order chi connectivity index (χ1) is 9.96. The maximum atomic E-state index is 12.9. The summed E-state index contributed by atoms with van der Waals surface area (Å²) in [6.45, 7) is 5.34. The van der Waals surface area contributed by atoms with E-state index in [0.29, 0.717) is 23.7 Å². The van der Waals surface area contributed by atoms with Gasteiger partial charge in [-0.25, -0.2) is 8.42 Å². The molecule has 0 radical (unpaired) electrons. The fraction of sp³-hybridized carbons (Fsp3) is 0.625. The Hall–Kier alpha value is -1.07. The first-order valence-electron chi connectivity index (χ1n) is 7.65. The third-order valence-electron chi connectivity index (χ3n) is 4.04. The SMILES string of the molecule is COc1ccc(C(C)C)cc1S(=O)(=O)N1CCCCCC1. The van der Waals surface area contributed by atoms with Gasteiger partial charge in [-0.15, -0.1) is 0 Å². The van der Waals surface area contributed by atoms with Crippen molar-refractivity contribution in [1.82, 2.24) is 4.31 Å². The molecule has 1 saturated heterocycles.